The molecule has 1 N–H and O–H groups in total. The summed E-state index contributed by atoms with van der Waals surface area (Å²) in [6.07, 6.45) is 29.4. The van der Waals surface area contributed by atoms with E-state index in [0.29, 0.717) is 6.42 Å². The van der Waals surface area contributed by atoms with Crippen LogP contribution >= 0.6 is 0 Å². The molecule has 2 heteroatoms. The first-order valence-electron chi connectivity index (χ1n) is 12.0. The smallest absolute Gasteiger partial charge is 0.238 e. The van der Waals surface area contributed by atoms with E-state index >= 15 is 0 Å². The van der Waals surface area contributed by atoms with E-state index < -0.39 is 5.91 Å². The number of hydrogen-bond donors (Lipinski definition) is 0. The van der Waals surface area contributed by atoms with E-state index in [2.05, 4.69) is 6.92 Å². The molecule has 0 aromatic rings. The molecule has 0 rings (SSSR count). The van der Waals surface area contributed by atoms with Crippen molar-refractivity contribution in [1.29, 1.82) is 0 Å². The molecule has 0 aliphatic heterocycles. The van der Waals surface area contributed by atoms with Gasteiger partial charge in [-0.25, -0.2) is 0 Å². The van der Waals surface area contributed by atoms with Crippen LogP contribution in [0.4, 0.5) is 0 Å². The van der Waals surface area contributed by atoms with Gasteiger partial charge in [-0.15, -0.1) is 0 Å². The Morgan fingerprint density at radius 2 is 0.692 bits per heavy atom. The summed E-state index contributed by atoms with van der Waals surface area (Å²) in [7, 11) is 0. The Morgan fingerprint density at radius 1 is 0.462 bits per heavy atom. The van der Waals surface area contributed by atoms with E-state index in [-0.39, 0.29) is 0 Å². The summed E-state index contributed by atoms with van der Waals surface area (Å²) in [5, 5.41) is 0. The van der Waals surface area contributed by atoms with Gasteiger partial charge in [0.25, 0.3) is 0 Å². The molecule has 0 spiro atoms. The van der Waals surface area contributed by atoms with Crippen molar-refractivity contribution in [1.82, 2.24) is 5.73 Å². The molecule has 0 fully saturated rings. The van der Waals surface area contributed by atoms with E-state index in [1.807, 2.05) is 0 Å². The molecule has 0 bridgehead atoms. The third-order valence-corrected chi connectivity index (χ3v) is 5.51. The van der Waals surface area contributed by atoms with Gasteiger partial charge in [0.05, 0.1) is 0 Å². The van der Waals surface area contributed by atoms with Gasteiger partial charge in [0.1, 0.15) is 0 Å². The summed E-state index contributed by atoms with van der Waals surface area (Å²) < 4.78 is 0. The second-order valence-electron chi connectivity index (χ2n) is 8.24. The number of amides is 1. The van der Waals surface area contributed by atoms with Crippen molar-refractivity contribution in [3.63, 3.8) is 0 Å². The fourth-order valence-corrected chi connectivity index (χ4v) is 3.72. The highest BCUT2D eigenvalue weighted by molar-refractivity contribution is 5.72. The van der Waals surface area contributed by atoms with E-state index in [1.165, 1.54) is 122 Å². The van der Waals surface area contributed by atoms with Gasteiger partial charge < -0.3 is 0 Å². The second kappa shape index (κ2) is 22.5. The standard InChI is InChI=1S/C24H48NO/c1-2-3-4-5-6-7-8-9-10-11-12-13-14-15-16-17-18-19-20-21-22-23-24(25)26/h25H,2-23H2,1H3. The van der Waals surface area contributed by atoms with Gasteiger partial charge in [0, 0.05) is 6.42 Å². The average Bonchev–Trinajstić information content (AvgIpc) is 2.62. The van der Waals surface area contributed by atoms with E-state index in [9.17, 15) is 4.79 Å². The Kier molecular flexibility index (Phi) is 22.1. The van der Waals surface area contributed by atoms with Crippen LogP contribution in [0.25, 0.3) is 0 Å². The lowest BCUT2D eigenvalue weighted by Gasteiger charge is -2.04. The van der Waals surface area contributed by atoms with E-state index in [0.717, 1.165) is 12.8 Å². The van der Waals surface area contributed by atoms with Gasteiger partial charge in [-0.3, -0.25) is 10.5 Å². The lowest BCUT2D eigenvalue weighted by Crippen LogP contribution is -1.96. The summed E-state index contributed by atoms with van der Waals surface area (Å²) in [5.74, 6) is -0.400. The zero-order valence-corrected chi connectivity index (χ0v) is 18.0. The Bertz CT molecular complexity index is 277. The zero-order chi connectivity index (χ0) is 19.1. The first-order valence-corrected chi connectivity index (χ1v) is 12.0. The molecule has 1 radical (unpaired) electrons. The molecule has 0 heterocycles. The van der Waals surface area contributed by atoms with Gasteiger partial charge in [-0.2, -0.15) is 0 Å². The number of unbranched alkanes of at least 4 members (excludes halogenated alkanes) is 20. The van der Waals surface area contributed by atoms with Crippen LogP contribution in [0.15, 0.2) is 0 Å². The molecular weight excluding hydrogens is 318 g/mol. The first kappa shape index (κ1) is 25.5. The number of carbonyl (C=O) groups excluding carboxylic acids is 1. The largest absolute Gasteiger partial charge is 0.273 e. The molecule has 0 aromatic carbocycles. The molecule has 155 valence electrons. The van der Waals surface area contributed by atoms with Gasteiger partial charge in [0.15, 0.2) is 0 Å². The lowest BCUT2D eigenvalue weighted by molar-refractivity contribution is -0.118. The lowest BCUT2D eigenvalue weighted by atomic mass is 10.0. The topological polar surface area (TPSA) is 40.9 Å². The maximum absolute atomic E-state index is 10.5. The minimum absolute atomic E-state index is 0.400. The van der Waals surface area contributed by atoms with Crippen LogP contribution in [0.2, 0.25) is 0 Å². The van der Waals surface area contributed by atoms with Crippen molar-refractivity contribution in [2.24, 2.45) is 0 Å². The summed E-state index contributed by atoms with van der Waals surface area (Å²) in [6.45, 7) is 2.29. The van der Waals surface area contributed by atoms with Crippen LogP contribution in [0.1, 0.15) is 148 Å². The minimum Gasteiger partial charge on any atom is -0.273 e. The number of carbonyl (C=O) groups is 1. The normalized spacial score (nSPS) is 11.1. The van der Waals surface area contributed by atoms with Crippen LogP contribution in [-0.2, 0) is 4.79 Å². The van der Waals surface area contributed by atoms with Crippen LogP contribution in [0.5, 0.6) is 0 Å². The number of rotatable bonds is 22. The predicted molar refractivity (Wildman–Crippen MR) is 115 cm³/mol. The molecule has 0 saturated heterocycles. The minimum atomic E-state index is -0.400. The molecule has 0 saturated carbocycles. The van der Waals surface area contributed by atoms with Crippen molar-refractivity contribution >= 4 is 5.91 Å². The molecular formula is C24H48NO. The van der Waals surface area contributed by atoms with Crippen molar-refractivity contribution in [2.75, 3.05) is 0 Å². The predicted octanol–water partition coefficient (Wildman–Crippen LogP) is 8.40. The molecule has 0 aromatic heterocycles. The van der Waals surface area contributed by atoms with Gasteiger partial charge in [-0.05, 0) is 6.42 Å². The quantitative estimate of drug-likeness (QED) is 0.177. The highest BCUT2D eigenvalue weighted by atomic mass is 16.1. The Labute approximate surface area is 165 Å². The van der Waals surface area contributed by atoms with Gasteiger partial charge in [0.2, 0.25) is 5.91 Å². The summed E-state index contributed by atoms with van der Waals surface area (Å²) >= 11 is 0. The third-order valence-electron chi connectivity index (χ3n) is 5.51. The maximum Gasteiger partial charge on any atom is 0.238 e. The molecule has 0 atom stereocenters. The summed E-state index contributed by atoms with van der Waals surface area (Å²) in [4.78, 5) is 10.5. The van der Waals surface area contributed by atoms with Gasteiger partial charge >= 0.3 is 0 Å². The van der Waals surface area contributed by atoms with Crippen LogP contribution in [-0.4, -0.2) is 5.91 Å². The van der Waals surface area contributed by atoms with Crippen molar-refractivity contribution in [3.8, 4) is 0 Å². The zero-order valence-electron chi connectivity index (χ0n) is 18.0. The fourth-order valence-electron chi connectivity index (χ4n) is 3.72. The maximum atomic E-state index is 10.5. The van der Waals surface area contributed by atoms with E-state index in [1.54, 1.807) is 0 Å². The fraction of sp³-hybridized carbons (Fsp3) is 0.958. The molecule has 0 unspecified atom stereocenters. The Balaban J connectivity index is 2.98. The average molecular weight is 367 g/mol. The van der Waals surface area contributed by atoms with Crippen molar-refractivity contribution in [2.45, 2.75) is 148 Å². The molecule has 2 nitrogen and oxygen atoms in total. The molecule has 0 aliphatic rings. The highest BCUT2D eigenvalue weighted by Gasteiger charge is 1.97. The van der Waals surface area contributed by atoms with Crippen LogP contribution in [0.3, 0.4) is 0 Å². The third kappa shape index (κ3) is 23.5. The first-order chi connectivity index (χ1) is 12.8. The second-order valence-corrected chi connectivity index (χ2v) is 8.24. The molecule has 1 amide bonds. The van der Waals surface area contributed by atoms with Crippen LogP contribution < -0.4 is 5.73 Å². The number of hydrogen-bond acceptors (Lipinski definition) is 1. The Hall–Kier alpha value is -0.530. The number of nitrogens with one attached hydrogen (secondary N) is 1. The monoisotopic (exact) mass is 366 g/mol. The van der Waals surface area contributed by atoms with Crippen LogP contribution in [0, 0.1) is 0 Å². The molecule has 26 heavy (non-hydrogen) atoms. The highest BCUT2D eigenvalue weighted by Crippen LogP contribution is 2.15. The van der Waals surface area contributed by atoms with Gasteiger partial charge in [-0.1, -0.05) is 135 Å². The van der Waals surface area contributed by atoms with E-state index in [4.69, 9.17) is 5.73 Å². The molecule has 0 aliphatic carbocycles. The Morgan fingerprint density at radius 3 is 0.923 bits per heavy atom. The summed E-state index contributed by atoms with van der Waals surface area (Å²) in [6, 6.07) is 0. The van der Waals surface area contributed by atoms with Crippen molar-refractivity contribution < 1.29 is 4.79 Å². The summed E-state index contributed by atoms with van der Waals surface area (Å²) in [5.41, 5.74) is 6.86. The SMILES string of the molecule is CCCCCCCCCCCCCCCCCCCCCCCC([NH])=O. The van der Waals surface area contributed by atoms with Crippen molar-refractivity contribution in [3.05, 3.63) is 0 Å².